The molecule has 0 spiro atoms. The van der Waals surface area contributed by atoms with Crippen LogP contribution >= 0.6 is 0 Å². The van der Waals surface area contributed by atoms with Crippen LogP contribution in [0.15, 0.2) is 0 Å². The summed E-state index contributed by atoms with van der Waals surface area (Å²) in [5, 5.41) is 0. The van der Waals surface area contributed by atoms with Gasteiger partial charge in [0, 0.05) is 26.4 Å². The Balaban J connectivity index is 3.44. The van der Waals surface area contributed by atoms with Gasteiger partial charge in [0.2, 0.25) is 0 Å². The van der Waals surface area contributed by atoms with Gasteiger partial charge < -0.3 is 17.7 Å². The normalized spacial score (nSPS) is 11.7. The van der Waals surface area contributed by atoms with Crippen LogP contribution in [-0.2, 0) is 17.7 Å². The van der Waals surface area contributed by atoms with Crippen LogP contribution in [0.1, 0.15) is 66.2 Å². The van der Waals surface area contributed by atoms with Crippen LogP contribution in [0, 0.1) is 0 Å². The van der Waals surface area contributed by atoms with E-state index in [2.05, 4.69) is 27.7 Å². The molecule has 6 heteroatoms. The van der Waals surface area contributed by atoms with Crippen LogP contribution < -0.4 is 0 Å². The zero-order chi connectivity index (χ0) is 16.5. The van der Waals surface area contributed by atoms with Gasteiger partial charge in [-0.25, -0.2) is 0 Å². The lowest BCUT2D eigenvalue weighted by Gasteiger charge is -2.15. The predicted molar refractivity (Wildman–Crippen MR) is 98.1 cm³/mol. The Morgan fingerprint density at radius 3 is 1.00 bits per heavy atom. The fourth-order valence-electron chi connectivity index (χ4n) is 2.50. The second kappa shape index (κ2) is 17.6. The Kier molecular flexibility index (Phi) is 17.8. The van der Waals surface area contributed by atoms with E-state index in [0.29, 0.717) is 0 Å². The third kappa shape index (κ3) is 13.9. The van der Waals surface area contributed by atoms with Gasteiger partial charge in [-0.1, -0.05) is 38.5 Å². The second-order valence-electron chi connectivity index (χ2n) is 5.38. The van der Waals surface area contributed by atoms with E-state index in [1.807, 2.05) is 0 Å². The fraction of sp³-hybridized carbons (Fsp3) is 1.00. The van der Waals surface area contributed by atoms with E-state index in [9.17, 15) is 0 Å². The Hall–Kier alpha value is 0.274. The maximum Gasteiger partial charge on any atom is 0.321 e. The smallest absolute Gasteiger partial charge is 0.321 e. The van der Waals surface area contributed by atoms with Gasteiger partial charge >= 0.3 is 18.6 Å². The topological polar surface area (TPSA) is 36.9 Å². The minimum atomic E-state index is -1.36. The molecule has 0 aromatic heterocycles. The zero-order valence-electron chi connectivity index (χ0n) is 15.3. The van der Waals surface area contributed by atoms with Crippen molar-refractivity contribution in [2.24, 2.45) is 0 Å². The van der Waals surface area contributed by atoms with Gasteiger partial charge in [0.1, 0.15) is 0 Å². The zero-order valence-corrected chi connectivity index (χ0v) is 17.6. The molecular formula is C16H38O4Si2. The van der Waals surface area contributed by atoms with Crippen molar-refractivity contribution >= 4 is 18.6 Å². The van der Waals surface area contributed by atoms with Crippen molar-refractivity contribution in [1.82, 2.24) is 0 Å². The molecule has 0 aliphatic carbocycles. The van der Waals surface area contributed by atoms with E-state index >= 15 is 0 Å². The third-order valence-corrected chi connectivity index (χ3v) is 8.12. The van der Waals surface area contributed by atoms with Crippen molar-refractivity contribution in [3.8, 4) is 0 Å². The maximum atomic E-state index is 5.69. The van der Waals surface area contributed by atoms with E-state index in [-0.39, 0.29) is 0 Å². The lowest BCUT2D eigenvalue weighted by atomic mass is 10.1. The van der Waals surface area contributed by atoms with Gasteiger partial charge in [-0.15, -0.1) is 0 Å². The van der Waals surface area contributed by atoms with Gasteiger partial charge in [0.25, 0.3) is 0 Å². The SMILES string of the molecule is CCO[SiH](CCCCCCCC[SiH](OCC)OCC)OCC. The van der Waals surface area contributed by atoms with Crippen LogP contribution in [0.5, 0.6) is 0 Å². The summed E-state index contributed by atoms with van der Waals surface area (Å²) in [6, 6.07) is 2.32. The number of rotatable bonds is 17. The van der Waals surface area contributed by atoms with Crippen LogP contribution in [-0.4, -0.2) is 45.0 Å². The lowest BCUT2D eigenvalue weighted by molar-refractivity contribution is 0.211. The molecule has 22 heavy (non-hydrogen) atoms. The van der Waals surface area contributed by atoms with Crippen LogP contribution in [0.4, 0.5) is 0 Å². The Morgan fingerprint density at radius 1 is 0.455 bits per heavy atom. The monoisotopic (exact) mass is 350 g/mol. The van der Waals surface area contributed by atoms with Crippen molar-refractivity contribution in [3.05, 3.63) is 0 Å². The van der Waals surface area contributed by atoms with Crippen molar-refractivity contribution in [1.29, 1.82) is 0 Å². The largest absolute Gasteiger partial charge is 0.397 e. The molecule has 4 nitrogen and oxygen atoms in total. The minimum Gasteiger partial charge on any atom is -0.397 e. The first-order valence-electron chi connectivity index (χ1n) is 9.24. The number of hydrogen-bond donors (Lipinski definition) is 0. The average Bonchev–Trinajstić information content (AvgIpc) is 2.50. The first kappa shape index (κ1) is 22.3. The lowest BCUT2D eigenvalue weighted by Crippen LogP contribution is -2.22. The average molecular weight is 351 g/mol. The summed E-state index contributed by atoms with van der Waals surface area (Å²) < 4.78 is 22.8. The predicted octanol–water partition coefficient (Wildman–Crippen LogP) is 3.91. The highest BCUT2D eigenvalue weighted by Gasteiger charge is 2.12. The highest BCUT2D eigenvalue weighted by atomic mass is 28.3. The molecule has 134 valence electrons. The summed E-state index contributed by atoms with van der Waals surface area (Å²) >= 11 is 0. The molecule has 0 aliphatic heterocycles. The summed E-state index contributed by atoms with van der Waals surface area (Å²) in [6.45, 7) is 11.4. The van der Waals surface area contributed by atoms with Crippen molar-refractivity contribution < 1.29 is 17.7 Å². The molecule has 0 saturated carbocycles. The van der Waals surface area contributed by atoms with Gasteiger partial charge in [-0.3, -0.25) is 0 Å². The number of hydrogen-bond acceptors (Lipinski definition) is 4. The second-order valence-corrected chi connectivity index (χ2v) is 9.59. The van der Waals surface area contributed by atoms with Crippen LogP contribution in [0.2, 0.25) is 12.1 Å². The van der Waals surface area contributed by atoms with Crippen molar-refractivity contribution in [2.75, 3.05) is 26.4 Å². The number of unbranched alkanes of at least 4 members (excludes halogenated alkanes) is 5. The van der Waals surface area contributed by atoms with Gasteiger partial charge in [-0.05, 0) is 39.8 Å². The fourth-order valence-corrected chi connectivity index (χ4v) is 6.09. The highest BCUT2D eigenvalue weighted by Crippen LogP contribution is 2.13. The summed E-state index contributed by atoms with van der Waals surface area (Å²) in [5.41, 5.74) is 0. The summed E-state index contributed by atoms with van der Waals surface area (Å²) in [4.78, 5) is 0. The quantitative estimate of drug-likeness (QED) is 0.294. The summed E-state index contributed by atoms with van der Waals surface area (Å²) in [6.07, 6.45) is 7.78. The van der Waals surface area contributed by atoms with E-state index in [4.69, 9.17) is 17.7 Å². The highest BCUT2D eigenvalue weighted by molar-refractivity contribution is 6.44. The van der Waals surface area contributed by atoms with Crippen LogP contribution in [0.3, 0.4) is 0 Å². The first-order chi connectivity index (χ1) is 10.8. The Morgan fingerprint density at radius 2 is 0.727 bits per heavy atom. The van der Waals surface area contributed by atoms with E-state index in [1.54, 1.807) is 0 Å². The maximum absolute atomic E-state index is 5.69. The molecule has 0 radical (unpaired) electrons. The van der Waals surface area contributed by atoms with Gasteiger partial charge in [0.05, 0.1) is 0 Å². The van der Waals surface area contributed by atoms with E-state index in [0.717, 1.165) is 38.5 Å². The molecule has 0 unspecified atom stereocenters. The minimum absolute atomic E-state index is 0.793. The standard InChI is InChI=1S/C16H38O4Si2/c1-5-17-21(18-6-2)15-13-11-9-10-12-14-16-22(19-7-3)20-8-4/h21-22H,5-16H2,1-4H3. The molecule has 0 heterocycles. The molecule has 0 aromatic rings. The molecule has 0 fully saturated rings. The van der Waals surface area contributed by atoms with E-state index < -0.39 is 18.6 Å². The van der Waals surface area contributed by atoms with Crippen LogP contribution in [0.25, 0.3) is 0 Å². The summed E-state index contributed by atoms with van der Waals surface area (Å²) in [5.74, 6) is 0. The third-order valence-electron chi connectivity index (χ3n) is 3.54. The molecule has 0 saturated heterocycles. The molecular weight excluding hydrogens is 312 g/mol. The summed E-state index contributed by atoms with van der Waals surface area (Å²) in [7, 11) is -2.71. The molecule has 0 atom stereocenters. The van der Waals surface area contributed by atoms with Gasteiger partial charge in [0.15, 0.2) is 0 Å². The Bertz CT molecular complexity index is 186. The van der Waals surface area contributed by atoms with E-state index in [1.165, 1.54) is 38.5 Å². The van der Waals surface area contributed by atoms with Crippen molar-refractivity contribution in [2.45, 2.75) is 78.3 Å². The molecule has 0 bridgehead atoms. The first-order valence-corrected chi connectivity index (χ1v) is 12.8. The van der Waals surface area contributed by atoms with Gasteiger partial charge in [-0.2, -0.15) is 0 Å². The van der Waals surface area contributed by atoms with Crippen molar-refractivity contribution in [3.63, 3.8) is 0 Å². The molecule has 0 aliphatic rings. The molecule has 0 amide bonds. The molecule has 0 rings (SSSR count). The molecule has 0 aromatic carbocycles. The molecule has 0 N–H and O–H groups in total. The Labute approximate surface area is 141 Å².